The molecule has 132 valence electrons. The van der Waals surface area contributed by atoms with E-state index in [1.54, 1.807) is 0 Å². The van der Waals surface area contributed by atoms with E-state index in [0.29, 0.717) is 24.3 Å². The molecule has 1 amide bonds. The lowest BCUT2D eigenvalue weighted by atomic mass is 9.61. The molecule has 1 saturated heterocycles. The molecule has 4 rings (SSSR count). The number of piperidine rings is 1. The Morgan fingerprint density at radius 1 is 1.46 bits per heavy atom. The molecule has 5 nitrogen and oxygen atoms in total. The Hall–Kier alpha value is -1.36. The second-order valence-corrected chi connectivity index (χ2v) is 8.18. The van der Waals surface area contributed by atoms with Crippen molar-refractivity contribution < 1.29 is 9.21 Å². The number of rotatable bonds is 4. The van der Waals surface area contributed by atoms with Crippen LogP contribution in [0.25, 0.3) is 0 Å². The monoisotopic (exact) mass is 331 g/mol. The maximum Gasteiger partial charge on any atom is 0.226 e. The van der Waals surface area contributed by atoms with E-state index in [2.05, 4.69) is 24.1 Å². The molecule has 0 spiro atoms. The van der Waals surface area contributed by atoms with Crippen LogP contribution in [-0.2, 0) is 24.2 Å². The zero-order valence-electron chi connectivity index (χ0n) is 14.9. The minimum atomic E-state index is 0.233. The topological polar surface area (TPSA) is 58.4 Å². The molecule has 24 heavy (non-hydrogen) atoms. The quantitative estimate of drug-likeness (QED) is 0.920. The summed E-state index contributed by atoms with van der Waals surface area (Å²) in [5.41, 5.74) is 0.992. The van der Waals surface area contributed by atoms with Crippen molar-refractivity contribution in [2.24, 2.45) is 23.7 Å². The van der Waals surface area contributed by atoms with Gasteiger partial charge in [-0.15, -0.1) is 0 Å². The second-order valence-electron chi connectivity index (χ2n) is 8.18. The largest absolute Gasteiger partial charge is 0.445 e. The molecule has 5 heteroatoms. The van der Waals surface area contributed by atoms with Crippen molar-refractivity contribution in [2.75, 3.05) is 19.6 Å². The fourth-order valence-corrected chi connectivity index (χ4v) is 4.48. The van der Waals surface area contributed by atoms with Gasteiger partial charge in [0.15, 0.2) is 5.89 Å². The summed E-state index contributed by atoms with van der Waals surface area (Å²) in [7, 11) is 0. The van der Waals surface area contributed by atoms with Crippen LogP contribution in [0.5, 0.6) is 0 Å². The van der Waals surface area contributed by atoms with E-state index in [1.807, 2.05) is 4.90 Å². The van der Waals surface area contributed by atoms with Gasteiger partial charge in [-0.3, -0.25) is 4.79 Å². The van der Waals surface area contributed by atoms with Crippen LogP contribution in [0, 0.1) is 23.7 Å². The summed E-state index contributed by atoms with van der Waals surface area (Å²) in [5, 5.41) is 3.45. The van der Waals surface area contributed by atoms with Crippen molar-refractivity contribution in [1.29, 1.82) is 0 Å². The first-order valence-electron chi connectivity index (χ1n) is 9.58. The number of amides is 1. The van der Waals surface area contributed by atoms with Crippen molar-refractivity contribution in [3.05, 3.63) is 17.3 Å². The van der Waals surface area contributed by atoms with E-state index < -0.39 is 0 Å². The lowest BCUT2D eigenvalue weighted by Gasteiger charge is -2.48. The van der Waals surface area contributed by atoms with Crippen molar-refractivity contribution in [2.45, 2.75) is 52.5 Å². The maximum atomic E-state index is 12.9. The summed E-state index contributed by atoms with van der Waals surface area (Å²) in [4.78, 5) is 19.6. The van der Waals surface area contributed by atoms with Crippen molar-refractivity contribution in [3.63, 3.8) is 0 Å². The molecule has 0 unspecified atom stereocenters. The number of carbonyl (C=O) groups is 1. The highest BCUT2D eigenvalue weighted by Gasteiger charge is 2.47. The van der Waals surface area contributed by atoms with Gasteiger partial charge < -0.3 is 14.6 Å². The van der Waals surface area contributed by atoms with Gasteiger partial charge in [0, 0.05) is 25.3 Å². The summed E-state index contributed by atoms with van der Waals surface area (Å²) in [5.74, 6) is 4.42. The van der Waals surface area contributed by atoms with Crippen molar-refractivity contribution in [3.8, 4) is 0 Å². The molecule has 1 aromatic heterocycles. The Kier molecular flexibility index (Phi) is 4.37. The number of nitrogens with zero attached hydrogens (tertiary/aromatic N) is 2. The normalized spacial score (nSPS) is 29.1. The van der Waals surface area contributed by atoms with Crippen LogP contribution >= 0.6 is 0 Å². The average molecular weight is 331 g/mol. The van der Waals surface area contributed by atoms with Gasteiger partial charge in [-0.2, -0.15) is 0 Å². The minimum absolute atomic E-state index is 0.233. The Morgan fingerprint density at radius 2 is 2.33 bits per heavy atom. The number of carbonyl (C=O) groups excluding carboxylic acids is 1. The third-order valence-corrected chi connectivity index (χ3v) is 6.09. The SMILES string of the molecule is CC(C)CCc1nc2c(o1)CCN(C(=O)[C@@H]1C[C@H]3CCNC[C@H]31)C2. The molecule has 3 heterocycles. The summed E-state index contributed by atoms with van der Waals surface area (Å²) < 4.78 is 5.91. The molecular formula is C19H29N3O2. The molecule has 3 atom stereocenters. The number of fused-ring (bicyclic) bond motifs is 2. The predicted octanol–water partition coefficient (Wildman–Crippen LogP) is 2.39. The van der Waals surface area contributed by atoms with Gasteiger partial charge in [0.1, 0.15) is 11.5 Å². The predicted molar refractivity (Wildman–Crippen MR) is 91.4 cm³/mol. The number of hydrogen-bond donors (Lipinski definition) is 1. The summed E-state index contributed by atoms with van der Waals surface area (Å²) in [6.45, 7) is 7.99. The summed E-state index contributed by atoms with van der Waals surface area (Å²) in [6, 6.07) is 0. The van der Waals surface area contributed by atoms with Gasteiger partial charge in [-0.25, -0.2) is 4.98 Å². The van der Waals surface area contributed by atoms with E-state index in [-0.39, 0.29) is 5.92 Å². The van der Waals surface area contributed by atoms with Crippen molar-refractivity contribution >= 4 is 5.91 Å². The zero-order valence-corrected chi connectivity index (χ0v) is 14.9. The Balaban J connectivity index is 1.38. The first-order valence-corrected chi connectivity index (χ1v) is 9.58. The molecule has 0 aromatic carbocycles. The summed E-state index contributed by atoms with van der Waals surface area (Å²) >= 11 is 0. The van der Waals surface area contributed by atoms with Gasteiger partial charge in [0.2, 0.25) is 5.91 Å². The van der Waals surface area contributed by atoms with Gasteiger partial charge in [-0.1, -0.05) is 13.8 Å². The molecule has 0 bridgehead atoms. The minimum Gasteiger partial charge on any atom is -0.445 e. The van der Waals surface area contributed by atoms with Crippen LogP contribution < -0.4 is 5.32 Å². The highest BCUT2D eigenvalue weighted by molar-refractivity contribution is 5.80. The van der Waals surface area contributed by atoms with E-state index in [9.17, 15) is 4.79 Å². The Labute approximate surface area is 144 Å². The lowest BCUT2D eigenvalue weighted by Crippen LogP contribution is -2.55. The number of aromatic nitrogens is 1. The fourth-order valence-electron chi connectivity index (χ4n) is 4.48. The maximum absolute atomic E-state index is 12.9. The first-order chi connectivity index (χ1) is 11.6. The van der Waals surface area contributed by atoms with Gasteiger partial charge in [0.25, 0.3) is 0 Å². The van der Waals surface area contributed by atoms with Crippen LogP contribution in [0.2, 0.25) is 0 Å². The number of nitrogens with one attached hydrogen (secondary N) is 1. The fraction of sp³-hybridized carbons (Fsp3) is 0.789. The van der Waals surface area contributed by atoms with E-state index in [4.69, 9.17) is 4.42 Å². The number of hydrogen-bond acceptors (Lipinski definition) is 4. The van der Waals surface area contributed by atoms with Crippen LogP contribution in [-0.4, -0.2) is 35.4 Å². The smallest absolute Gasteiger partial charge is 0.226 e. The Bertz CT molecular complexity index is 610. The highest BCUT2D eigenvalue weighted by atomic mass is 16.4. The molecule has 1 saturated carbocycles. The third kappa shape index (κ3) is 2.99. The van der Waals surface area contributed by atoms with Crippen LogP contribution in [0.4, 0.5) is 0 Å². The van der Waals surface area contributed by atoms with Gasteiger partial charge in [-0.05, 0) is 50.1 Å². The number of aryl methyl sites for hydroxylation is 1. The average Bonchev–Trinajstić information content (AvgIpc) is 2.96. The molecule has 1 N–H and O–H groups in total. The molecule has 2 fully saturated rings. The molecule has 0 radical (unpaired) electrons. The van der Waals surface area contributed by atoms with Crippen LogP contribution in [0.3, 0.4) is 0 Å². The first kappa shape index (κ1) is 16.1. The molecule has 1 aliphatic carbocycles. The molecule has 3 aliphatic rings. The zero-order chi connectivity index (χ0) is 16.7. The third-order valence-electron chi connectivity index (χ3n) is 6.09. The van der Waals surface area contributed by atoms with E-state index in [1.165, 1.54) is 6.42 Å². The van der Waals surface area contributed by atoms with Gasteiger partial charge >= 0.3 is 0 Å². The highest BCUT2D eigenvalue weighted by Crippen LogP contribution is 2.45. The van der Waals surface area contributed by atoms with Crippen molar-refractivity contribution in [1.82, 2.24) is 15.2 Å². The number of oxazole rings is 1. The lowest BCUT2D eigenvalue weighted by molar-refractivity contribution is -0.146. The molecule has 1 aromatic rings. The van der Waals surface area contributed by atoms with Crippen LogP contribution in [0.1, 0.15) is 50.5 Å². The molecule has 2 aliphatic heterocycles. The van der Waals surface area contributed by atoms with E-state index >= 15 is 0 Å². The Morgan fingerprint density at radius 3 is 3.12 bits per heavy atom. The molecular weight excluding hydrogens is 302 g/mol. The van der Waals surface area contributed by atoms with E-state index in [0.717, 1.165) is 68.6 Å². The van der Waals surface area contributed by atoms with Crippen LogP contribution in [0.15, 0.2) is 4.42 Å². The van der Waals surface area contributed by atoms with Gasteiger partial charge in [0.05, 0.1) is 6.54 Å². The summed E-state index contributed by atoms with van der Waals surface area (Å²) in [6.07, 6.45) is 5.14. The standard InChI is InChI=1S/C19H29N3O2/c1-12(2)3-4-18-21-16-11-22(8-6-17(16)24-18)19(23)14-9-13-5-7-20-10-15(13)14/h12-15,20H,3-11H2,1-2H3/t13-,14-,15-/m1/s1. The second kappa shape index (κ2) is 6.51.